The molecule has 1 aromatic carbocycles. The predicted molar refractivity (Wildman–Crippen MR) is 101 cm³/mol. The van der Waals surface area contributed by atoms with Crippen molar-refractivity contribution in [2.45, 2.75) is 32.7 Å². The van der Waals surface area contributed by atoms with Crippen LogP contribution in [0.25, 0.3) is 10.6 Å². The summed E-state index contributed by atoms with van der Waals surface area (Å²) in [6, 6.07) is 7.77. The number of carbonyl (C=O) groups excluding carboxylic acids is 1. The second-order valence-corrected chi connectivity index (χ2v) is 6.41. The molecule has 1 atom stereocenters. The van der Waals surface area contributed by atoms with E-state index in [0.717, 1.165) is 26.9 Å². The van der Waals surface area contributed by atoms with E-state index < -0.39 is 0 Å². The zero-order valence-corrected chi connectivity index (χ0v) is 15.8. The first-order valence-corrected chi connectivity index (χ1v) is 8.48. The zero-order chi connectivity index (χ0) is 16.8. The summed E-state index contributed by atoms with van der Waals surface area (Å²) in [5, 5.41) is 3.96. The number of ether oxygens (including phenoxy) is 1. The van der Waals surface area contributed by atoms with E-state index >= 15 is 0 Å². The summed E-state index contributed by atoms with van der Waals surface area (Å²) < 4.78 is 5.17. The van der Waals surface area contributed by atoms with Crippen molar-refractivity contribution >= 4 is 29.7 Å². The van der Waals surface area contributed by atoms with E-state index in [1.807, 2.05) is 38.1 Å². The molecule has 0 saturated carbocycles. The van der Waals surface area contributed by atoms with Crippen molar-refractivity contribution in [3.63, 3.8) is 0 Å². The predicted octanol–water partition coefficient (Wildman–Crippen LogP) is 3.47. The molecule has 0 aliphatic rings. The number of thiazole rings is 1. The number of nitrogens with zero attached hydrogens (tertiary/aromatic N) is 1. The average molecular weight is 370 g/mol. The summed E-state index contributed by atoms with van der Waals surface area (Å²) in [6.07, 6.45) is 1.17. The highest BCUT2D eigenvalue weighted by Gasteiger charge is 2.17. The number of methoxy groups -OCH3 is 1. The number of nitrogens with one attached hydrogen (secondary N) is 1. The minimum Gasteiger partial charge on any atom is -0.497 e. The van der Waals surface area contributed by atoms with Gasteiger partial charge >= 0.3 is 0 Å². The molecule has 0 radical (unpaired) electrons. The second-order valence-electron chi connectivity index (χ2n) is 5.38. The molecule has 132 valence electrons. The maximum absolute atomic E-state index is 11.8. The average Bonchev–Trinajstić information content (AvgIpc) is 2.95. The zero-order valence-electron chi connectivity index (χ0n) is 14.2. The summed E-state index contributed by atoms with van der Waals surface area (Å²) in [6.45, 7) is 4.49. The van der Waals surface area contributed by atoms with Gasteiger partial charge in [0.2, 0.25) is 5.91 Å². The lowest BCUT2D eigenvalue weighted by Crippen LogP contribution is -2.26. The molecule has 24 heavy (non-hydrogen) atoms. The summed E-state index contributed by atoms with van der Waals surface area (Å²) in [5.74, 6) is 0.851. The fourth-order valence-corrected chi connectivity index (χ4v) is 3.38. The third kappa shape index (κ3) is 5.19. The highest BCUT2D eigenvalue weighted by molar-refractivity contribution is 7.15. The lowest BCUT2D eigenvalue weighted by atomic mass is 10.2. The highest BCUT2D eigenvalue weighted by Crippen LogP contribution is 2.32. The van der Waals surface area contributed by atoms with Crippen LogP contribution in [-0.4, -0.2) is 24.5 Å². The van der Waals surface area contributed by atoms with Gasteiger partial charge in [0, 0.05) is 12.0 Å². The fraction of sp³-hybridized carbons (Fsp3) is 0.412. The molecular formula is C17H24ClN3O2S. The molecule has 3 N–H and O–H groups in total. The summed E-state index contributed by atoms with van der Waals surface area (Å²) in [5.41, 5.74) is 7.43. The van der Waals surface area contributed by atoms with E-state index in [1.165, 1.54) is 0 Å². The summed E-state index contributed by atoms with van der Waals surface area (Å²) in [4.78, 5) is 17.6. The van der Waals surface area contributed by atoms with Crippen LogP contribution in [0.2, 0.25) is 0 Å². The van der Waals surface area contributed by atoms with Gasteiger partial charge in [0.05, 0.1) is 23.7 Å². The number of nitrogens with two attached hydrogens (primary N) is 1. The fourth-order valence-electron chi connectivity index (χ4n) is 2.31. The Hall–Kier alpha value is -1.63. The van der Waals surface area contributed by atoms with Gasteiger partial charge in [0.15, 0.2) is 0 Å². The molecule has 7 heteroatoms. The van der Waals surface area contributed by atoms with Crippen molar-refractivity contribution in [1.29, 1.82) is 0 Å². The Kier molecular flexibility index (Phi) is 8.18. The van der Waals surface area contributed by atoms with E-state index in [4.69, 9.17) is 10.5 Å². The Labute approximate surface area is 153 Å². The minimum atomic E-state index is -0.0511. The van der Waals surface area contributed by atoms with E-state index in [2.05, 4.69) is 10.3 Å². The molecule has 0 aliphatic heterocycles. The van der Waals surface area contributed by atoms with Crippen LogP contribution in [0.4, 0.5) is 0 Å². The Bertz CT molecular complexity index is 658. The van der Waals surface area contributed by atoms with Gasteiger partial charge in [-0.15, -0.1) is 23.7 Å². The lowest BCUT2D eigenvalue weighted by molar-refractivity contribution is -0.121. The SMILES string of the molecule is COc1ccc(-c2nc(C)c(C(C)NC(=O)CCCN)s2)cc1.Cl. The number of amides is 1. The molecule has 0 saturated heterocycles. The maximum Gasteiger partial charge on any atom is 0.220 e. The third-order valence-electron chi connectivity index (χ3n) is 3.55. The number of rotatable bonds is 7. The molecule has 1 unspecified atom stereocenters. The second kappa shape index (κ2) is 9.61. The smallest absolute Gasteiger partial charge is 0.220 e. The molecule has 2 aromatic rings. The first-order valence-electron chi connectivity index (χ1n) is 7.66. The standard InChI is InChI=1S/C17H23N3O2S.ClH/c1-11(19-15(21)5-4-10-18)16-12(2)20-17(23-16)13-6-8-14(22-3)9-7-13;/h6-9,11H,4-5,10,18H2,1-3H3,(H,19,21);1H. The number of aromatic nitrogens is 1. The monoisotopic (exact) mass is 369 g/mol. The van der Waals surface area contributed by atoms with Gasteiger partial charge in [-0.3, -0.25) is 4.79 Å². The van der Waals surface area contributed by atoms with Gasteiger partial charge in [-0.25, -0.2) is 4.98 Å². The van der Waals surface area contributed by atoms with E-state index in [9.17, 15) is 4.79 Å². The highest BCUT2D eigenvalue weighted by atomic mass is 35.5. The molecule has 1 amide bonds. The Morgan fingerprint density at radius 2 is 2.04 bits per heavy atom. The van der Waals surface area contributed by atoms with Crippen LogP contribution in [0.1, 0.15) is 36.4 Å². The lowest BCUT2D eigenvalue weighted by Gasteiger charge is -2.12. The largest absolute Gasteiger partial charge is 0.497 e. The van der Waals surface area contributed by atoms with Crippen LogP contribution in [0.3, 0.4) is 0 Å². The van der Waals surface area contributed by atoms with E-state index in [-0.39, 0.29) is 24.4 Å². The van der Waals surface area contributed by atoms with Gasteiger partial charge in [0.25, 0.3) is 0 Å². The van der Waals surface area contributed by atoms with Crippen LogP contribution in [0.5, 0.6) is 5.75 Å². The summed E-state index contributed by atoms with van der Waals surface area (Å²) >= 11 is 1.61. The first kappa shape index (κ1) is 20.4. The molecule has 1 aromatic heterocycles. The van der Waals surface area contributed by atoms with E-state index in [0.29, 0.717) is 19.4 Å². The van der Waals surface area contributed by atoms with Crippen molar-refractivity contribution in [3.05, 3.63) is 34.8 Å². The molecule has 0 bridgehead atoms. The number of aryl methyl sites for hydroxylation is 1. The van der Waals surface area contributed by atoms with Crippen LogP contribution in [-0.2, 0) is 4.79 Å². The molecular weight excluding hydrogens is 346 g/mol. The molecule has 0 aliphatic carbocycles. The van der Waals surface area contributed by atoms with Crippen LogP contribution < -0.4 is 15.8 Å². The Morgan fingerprint density at radius 3 is 2.62 bits per heavy atom. The minimum absolute atomic E-state index is 0. The molecule has 5 nitrogen and oxygen atoms in total. The van der Waals surface area contributed by atoms with E-state index in [1.54, 1.807) is 18.4 Å². The Balaban J connectivity index is 0.00000288. The quantitative estimate of drug-likeness (QED) is 0.783. The van der Waals surface area contributed by atoms with Crippen LogP contribution in [0.15, 0.2) is 24.3 Å². The number of hydrogen-bond acceptors (Lipinski definition) is 5. The topological polar surface area (TPSA) is 77.2 Å². The number of benzene rings is 1. The van der Waals surface area contributed by atoms with Crippen molar-refractivity contribution in [3.8, 4) is 16.3 Å². The molecule has 0 spiro atoms. The van der Waals surface area contributed by atoms with Crippen molar-refractivity contribution < 1.29 is 9.53 Å². The summed E-state index contributed by atoms with van der Waals surface area (Å²) in [7, 11) is 1.65. The Morgan fingerprint density at radius 1 is 1.38 bits per heavy atom. The van der Waals surface area contributed by atoms with Crippen molar-refractivity contribution in [2.24, 2.45) is 5.73 Å². The van der Waals surface area contributed by atoms with Gasteiger partial charge in [-0.2, -0.15) is 0 Å². The van der Waals surface area contributed by atoms with Gasteiger partial charge < -0.3 is 15.8 Å². The molecule has 1 heterocycles. The number of hydrogen-bond donors (Lipinski definition) is 2. The first-order chi connectivity index (χ1) is 11.0. The van der Waals surface area contributed by atoms with Gasteiger partial charge in [-0.1, -0.05) is 0 Å². The normalized spacial score (nSPS) is 11.5. The number of carbonyl (C=O) groups is 1. The maximum atomic E-state index is 11.8. The van der Waals surface area contributed by atoms with Crippen molar-refractivity contribution in [2.75, 3.05) is 13.7 Å². The number of halogens is 1. The molecule has 0 fully saturated rings. The van der Waals surface area contributed by atoms with Crippen LogP contribution in [0, 0.1) is 6.92 Å². The molecule has 2 rings (SSSR count). The van der Waals surface area contributed by atoms with Crippen LogP contribution >= 0.6 is 23.7 Å². The van der Waals surface area contributed by atoms with Gasteiger partial charge in [0.1, 0.15) is 10.8 Å². The third-order valence-corrected chi connectivity index (χ3v) is 4.94. The van der Waals surface area contributed by atoms with Gasteiger partial charge in [-0.05, 0) is 51.1 Å². The van der Waals surface area contributed by atoms with Crippen molar-refractivity contribution in [1.82, 2.24) is 10.3 Å².